The lowest BCUT2D eigenvalue weighted by molar-refractivity contribution is -0.117. The van der Waals surface area contributed by atoms with Crippen LogP contribution >= 0.6 is 0 Å². The van der Waals surface area contributed by atoms with Crippen molar-refractivity contribution in [1.82, 2.24) is 24.5 Å². The lowest BCUT2D eigenvalue weighted by atomic mass is 10.00. The zero-order valence-electron chi connectivity index (χ0n) is 20.9. The number of carbonyl (C=O) groups excluding carboxylic acids is 1. The van der Waals surface area contributed by atoms with Crippen molar-refractivity contribution in [3.63, 3.8) is 0 Å². The summed E-state index contributed by atoms with van der Waals surface area (Å²) < 4.78 is 15.4. The molecule has 10 nitrogen and oxygen atoms in total. The molecule has 2 aliphatic rings. The first-order chi connectivity index (χ1) is 18.1. The second kappa shape index (κ2) is 9.60. The maximum Gasteiger partial charge on any atom is 0.228 e. The number of pyridine rings is 1. The van der Waals surface area contributed by atoms with E-state index in [2.05, 4.69) is 15.4 Å². The van der Waals surface area contributed by atoms with Gasteiger partial charge in [0.15, 0.2) is 0 Å². The Labute approximate surface area is 214 Å². The van der Waals surface area contributed by atoms with Crippen molar-refractivity contribution in [3.05, 3.63) is 42.9 Å². The van der Waals surface area contributed by atoms with Gasteiger partial charge in [-0.3, -0.25) is 14.2 Å². The maximum absolute atomic E-state index is 12.3. The van der Waals surface area contributed by atoms with E-state index in [1.807, 2.05) is 48.4 Å². The van der Waals surface area contributed by atoms with Gasteiger partial charge in [0, 0.05) is 47.8 Å². The Kier molecular flexibility index (Phi) is 6.13. The van der Waals surface area contributed by atoms with E-state index in [-0.39, 0.29) is 30.6 Å². The van der Waals surface area contributed by atoms with Gasteiger partial charge in [-0.25, -0.2) is 4.98 Å². The molecular formula is C27H30N6O4. The van der Waals surface area contributed by atoms with Gasteiger partial charge < -0.3 is 19.9 Å². The number of hydrogen-bond acceptors (Lipinski definition) is 7. The Hall–Kier alpha value is -3.76. The zero-order valence-corrected chi connectivity index (χ0v) is 20.9. The second-order valence-corrected chi connectivity index (χ2v) is 9.72. The van der Waals surface area contributed by atoms with Crippen molar-refractivity contribution in [2.75, 3.05) is 25.6 Å². The predicted octanol–water partition coefficient (Wildman–Crippen LogP) is 3.57. The highest BCUT2D eigenvalue weighted by atomic mass is 16.5. The Bertz CT molecular complexity index is 1460. The summed E-state index contributed by atoms with van der Waals surface area (Å²) >= 11 is 0. The van der Waals surface area contributed by atoms with Crippen LogP contribution in [0.1, 0.15) is 31.7 Å². The third kappa shape index (κ3) is 4.36. The van der Waals surface area contributed by atoms with Gasteiger partial charge in [-0.1, -0.05) is 12.1 Å². The van der Waals surface area contributed by atoms with Crippen LogP contribution in [0.15, 0.2) is 42.9 Å². The molecule has 4 aromatic rings. The van der Waals surface area contributed by atoms with E-state index >= 15 is 0 Å². The Morgan fingerprint density at radius 3 is 2.86 bits per heavy atom. The minimum atomic E-state index is -0.266. The number of fused-ring (bicyclic) bond motifs is 1. The highest BCUT2D eigenvalue weighted by molar-refractivity contribution is 6.00. The molecule has 1 amide bonds. The molecule has 1 saturated carbocycles. The molecule has 4 heterocycles. The summed E-state index contributed by atoms with van der Waals surface area (Å²) in [6, 6.07) is 7.81. The van der Waals surface area contributed by atoms with Crippen LogP contribution < -0.4 is 10.1 Å². The number of carbonyl (C=O) groups is 1. The SMILES string of the molecule is COc1c(-c2cnn([C@@H]3CCCO[C@H]3CO)c2)cccc1-c1nn(C)c2cnc(NC(=O)C3CC3)cc12. The van der Waals surface area contributed by atoms with E-state index in [0.717, 1.165) is 59.0 Å². The number of aliphatic hydroxyl groups excluding tert-OH is 1. The van der Waals surface area contributed by atoms with E-state index in [4.69, 9.17) is 14.6 Å². The number of aliphatic hydroxyl groups is 1. The second-order valence-electron chi connectivity index (χ2n) is 9.72. The van der Waals surface area contributed by atoms with E-state index < -0.39 is 0 Å². The summed E-state index contributed by atoms with van der Waals surface area (Å²) in [5.74, 6) is 1.31. The third-order valence-electron chi connectivity index (χ3n) is 7.25. The summed E-state index contributed by atoms with van der Waals surface area (Å²) in [6.07, 6.45) is 8.96. The van der Waals surface area contributed by atoms with Crippen molar-refractivity contribution >= 4 is 22.6 Å². The van der Waals surface area contributed by atoms with Gasteiger partial charge in [-0.2, -0.15) is 10.2 Å². The molecule has 3 aromatic heterocycles. The molecule has 1 saturated heterocycles. The van der Waals surface area contributed by atoms with Gasteiger partial charge >= 0.3 is 0 Å². The number of benzene rings is 1. The minimum absolute atomic E-state index is 0.0145. The summed E-state index contributed by atoms with van der Waals surface area (Å²) in [5.41, 5.74) is 4.22. The average Bonchev–Trinajstić information content (AvgIpc) is 3.59. The molecule has 1 aliphatic heterocycles. The van der Waals surface area contributed by atoms with Crippen LogP contribution in [0.2, 0.25) is 0 Å². The number of methoxy groups -OCH3 is 1. The van der Waals surface area contributed by atoms with Crippen molar-refractivity contribution < 1.29 is 19.4 Å². The molecule has 0 radical (unpaired) electrons. The number of para-hydroxylation sites is 1. The van der Waals surface area contributed by atoms with Gasteiger partial charge in [0.1, 0.15) is 23.4 Å². The molecule has 1 aromatic carbocycles. The van der Waals surface area contributed by atoms with Crippen molar-refractivity contribution in [2.24, 2.45) is 13.0 Å². The number of nitrogens with one attached hydrogen (secondary N) is 1. The normalized spacial score (nSPS) is 19.8. The van der Waals surface area contributed by atoms with Gasteiger partial charge in [0.2, 0.25) is 5.91 Å². The van der Waals surface area contributed by atoms with Gasteiger partial charge in [0.05, 0.1) is 37.7 Å². The molecule has 2 atom stereocenters. The molecule has 0 unspecified atom stereocenters. The fourth-order valence-electron chi connectivity index (χ4n) is 5.12. The van der Waals surface area contributed by atoms with Gasteiger partial charge in [-0.05, 0) is 37.8 Å². The van der Waals surface area contributed by atoms with Crippen LogP contribution in [0.5, 0.6) is 5.75 Å². The molecule has 0 spiro atoms. The topological polar surface area (TPSA) is 116 Å². The van der Waals surface area contributed by atoms with E-state index in [9.17, 15) is 9.90 Å². The average molecular weight is 503 g/mol. The Morgan fingerprint density at radius 2 is 2.08 bits per heavy atom. The molecule has 1 aliphatic carbocycles. The summed E-state index contributed by atoms with van der Waals surface area (Å²) in [4.78, 5) is 16.7. The van der Waals surface area contributed by atoms with Gasteiger partial charge in [0.25, 0.3) is 0 Å². The maximum atomic E-state index is 12.3. The highest BCUT2D eigenvalue weighted by Crippen LogP contribution is 2.41. The predicted molar refractivity (Wildman–Crippen MR) is 138 cm³/mol. The molecule has 0 bridgehead atoms. The standard InChI is InChI=1S/C27H30N6O4/c1-32-22-13-28-24(30-27(35)16-8-9-16)11-20(22)25(31-32)19-6-3-5-18(26(19)36-2)17-12-29-33(14-17)21-7-4-10-37-23(21)15-34/h3,5-6,11-14,16,21,23,34H,4,7-10,15H2,1-2H3,(H,28,30,35)/t21-,23+/m1/s1. The largest absolute Gasteiger partial charge is 0.495 e. The molecule has 2 fully saturated rings. The first kappa shape index (κ1) is 23.6. The quantitative estimate of drug-likeness (QED) is 0.397. The number of aryl methyl sites for hydroxylation is 1. The molecule has 10 heteroatoms. The first-order valence-electron chi connectivity index (χ1n) is 12.7. The number of anilines is 1. The van der Waals surface area contributed by atoms with Crippen LogP contribution in [0, 0.1) is 5.92 Å². The van der Waals surface area contributed by atoms with Crippen molar-refractivity contribution in [2.45, 2.75) is 37.8 Å². The van der Waals surface area contributed by atoms with E-state index in [0.29, 0.717) is 18.2 Å². The lowest BCUT2D eigenvalue weighted by Gasteiger charge is -2.30. The van der Waals surface area contributed by atoms with Crippen molar-refractivity contribution in [1.29, 1.82) is 0 Å². The molecule has 192 valence electrons. The van der Waals surface area contributed by atoms with E-state index in [1.165, 1.54) is 0 Å². The first-order valence-corrected chi connectivity index (χ1v) is 12.7. The highest BCUT2D eigenvalue weighted by Gasteiger charge is 2.30. The Morgan fingerprint density at radius 1 is 1.24 bits per heavy atom. The van der Waals surface area contributed by atoms with Crippen LogP contribution in [-0.4, -0.2) is 62.0 Å². The zero-order chi connectivity index (χ0) is 25.5. The fourth-order valence-corrected chi connectivity index (χ4v) is 5.12. The molecule has 6 rings (SSSR count). The lowest BCUT2D eigenvalue weighted by Crippen LogP contribution is -2.34. The number of ether oxygens (including phenoxy) is 2. The summed E-state index contributed by atoms with van der Waals surface area (Å²) in [5, 5.41) is 23.0. The third-order valence-corrected chi connectivity index (χ3v) is 7.25. The molecular weight excluding hydrogens is 472 g/mol. The number of amides is 1. The minimum Gasteiger partial charge on any atom is -0.495 e. The van der Waals surface area contributed by atoms with E-state index in [1.54, 1.807) is 18.0 Å². The van der Waals surface area contributed by atoms with Crippen molar-refractivity contribution in [3.8, 4) is 28.1 Å². The molecule has 37 heavy (non-hydrogen) atoms. The Balaban J connectivity index is 1.39. The number of aromatic nitrogens is 5. The summed E-state index contributed by atoms with van der Waals surface area (Å²) in [7, 11) is 3.53. The smallest absolute Gasteiger partial charge is 0.228 e. The van der Waals surface area contributed by atoms with Crippen LogP contribution in [-0.2, 0) is 16.6 Å². The molecule has 2 N–H and O–H groups in total. The number of hydrogen-bond donors (Lipinski definition) is 2. The van der Waals surface area contributed by atoms with Crippen LogP contribution in [0.4, 0.5) is 5.82 Å². The monoisotopic (exact) mass is 502 g/mol. The van der Waals surface area contributed by atoms with Crippen LogP contribution in [0.25, 0.3) is 33.3 Å². The fraction of sp³-hybridized carbons (Fsp3) is 0.407. The van der Waals surface area contributed by atoms with Gasteiger partial charge in [-0.15, -0.1) is 0 Å². The number of nitrogens with zero attached hydrogens (tertiary/aromatic N) is 5. The van der Waals surface area contributed by atoms with Crippen LogP contribution in [0.3, 0.4) is 0 Å². The number of rotatable bonds is 7. The summed E-state index contributed by atoms with van der Waals surface area (Å²) in [6.45, 7) is 0.620.